The van der Waals surface area contributed by atoms with Crippen molar-refractivity contribution in [1.29, 1.82) is 0 Å². The third kappa shape index (κ3) is 7.24. The third-order valence-corrected chi connectivity index (χ3v) is 5.02. The minimum Gasteiger partial charge on any atom is -0.488 e. The lowest BCUT2D eigenvalue weighted by atomic mass is 10.1. The summed E-state index contributed by atoms with van der Waals surface area (Å²) >= 11 is 0. The molecule has 0 saturated carbocycles. The molecule has 31 heavy (non-hydrogen) atoms. The van der Waals surface area contributed by atoms with Crippen LogP contribution in [0.1, 0.15) is 62.4 Å². The summed E-state index contributed by atoms with van der Waals surface area (Å²) in [7, 11) is 0. The van der Waals surface area contributed by atoms with Gasteiger partial charge in [-0.3, -0.25) is 0 Å². The molecule has 1 saturated heterocycles. The average Bonchev–Trinajstić information content (AvgIpc) is 3.42. The summed E-state index contributed by atoms with van der Waals surface area (Å²) in [5.41, 5.74) is 2.25. The number of guanidine groups is 1. The summed E-state index contributed by atoms with van der Waals surface area (Å²) in [4.78, 5) is 9.18. The molecule has 1 aromatic carbocycles. The van der Waals surface area contributed by atoms with E-state index in [-0.39, 0.29) is 12.0 Å². The van der Waals surface area contributed by atoms with Crippen LogP contribution in [0.5, 0.6) is 5.75 Å². The van der Waals surface area contributed by atoms with Crippen LogP contribution in [-0.2, 0) is 17.7 Å². The third-order valence-electron chi connectivity index (χ3n) is 5.02. The van der Waals surface area contributed by atoms with E-state index in [1.165, 1.54) is 5.56 Å². The fourth-order valence-corrected chi connectivity index (χ4v) is 3.24. The molecule has 0 radical (unpaired) electrons. The molecule has 1 fully saturated rings. The van der Waals surface area contributed by atoms with Crippen LogP contribution >= 0.6 is 0 Å². The van der Waals surface area contributed by atoms with E-state index in [9.17, 15) is 0 Å². The number of nitrogens with one attached hydrogen (secondary N) is 2. The van der Waals surface area contributed by atoms with E-state index in [0.29, 0.717) is 19.0 Å². The Kier molecular flexibility index (Phi) is 8.70. The van der Waals surface area contributed by atoms with Crippen molar-refractivity contribution in [2.75, 3.05) is 26.3 Å². The first-order valence-corrected chi connectivity index (χ1v) is 11.2. The number of rotatable bonds is 10. The number of aliphatic imine (C=N–C) groups is 1. The Hall–Kier alpha value is -2.61. The first-order valence-electron chi connectivity index (χ1n) is 11.2. The minimum absolute atomic E-state index is 0.122. The lowest BCUT2D eigenvalue weighted by molar-refractivity contribution is 0.140. The van der Waals surface area contributed by atoms with Crippen molar-refractivity contribution in [3.63, 3.8) is 0 Å². The highest BCUT2D eigenvalue weighted by atomic mass is 16.5. The average molecular weight is 430 g/mol. The zero-order valence-electron chi connectivity index (χ0n) is 19.1. The molecular formula is C23H35N5O3. The van der Waals surface area contributed by atoms with Gasteiger partial charge in [0, 0.05) is 37.4 Å². The molecule has 3 rings (SSSR count). The Morgan fingerprint density at radius 1 is 1.32 bits per heavy atom. The monoisotopic (exact) mass is 429 g/mol. The number of aromatic nitrogens is 2. The molecule has 1 aliphatic rings. The van der Waals surface area contributed by atoms with E-state index >= 15 is 0 Å². The quantitative estimate of drug-likeness (QED) is 0.340. The molecule has 0 aliphatic carbocycles. The van der Waals surface area contributed by atoms with Gasteiger partial charge in [-0.25, -0.2) is 4.99 Å². The number of ether oxygens (including phenoxy) is 2. The summed E-state index contributed by atoms with van der Waals surface area (Å²) < 4.78 is 16.9. The molecule has 1 atom stereocenters. The van der Waals surface area contributed by atoms with E-state index in [1.54, 1.807) is 0 Å². The smallest absolute Gasteiger partial charge is 0.226 e. The number of nitrogens with zero attached hydrogens (tertiary/aromatic N) is 3. The standard InChI is InChI=1S/C23H35N5O3/c1-5-24-23(25-11-6-7-21-27-22(16(2)3)28-31-21)26-14-18-9-8-17(4)13-20(18)30-19-10-12-29-15-19/h8-9,13,16,19H,5-7,10-12,14-15H2,1-4H3,(H2,24,25,26). The Balaban J connectivity index is 1.53. The van der Waals surface area contributed by atoms with Crippen molar-refractivity contribution < 1.29 is 14.0 Å². The largest absolute Gasteiger partial charge is 0.488 e. The normalized spacial score (nSPS) is 16.7. The van der Waals surface area contributed by atoms with Gasteiger partial charge in [0.25, 0.3) is 0 Å². The molecular weight excluding hydrogens is 394 g/mol. The van der Waals surface area contributed by atoms with Crippen molar-refractivity contribution >= 4 is 5.96 Å². The first-order chi connectivity index (χ1) is 15.0. The van der Waals surface area contributed by atoms with E-state index in [2.05, 4.69) is 66.7 Å². The van der Waals surface area contributed by atoms with Crippen molar-refractivity contribution in [2.24, 2.45) is 4.99 Å². The highest BCUT2D eigenvalue weighted by molar-refractivity contribution is 5.79. The van der Waals surface area contributed by atoms with Gasteiger partial charge in [-0.2, -0.15) is 4.98 Å². The van der Waals surface area contributed by atoms with Crippen LogP contribution in [-0.4, -0.2) is 48.5 Å². The number of hydrogen-bond donors (Lipinski definition) is 2. The predicted octanol–water partition coefficient (Wildman–Crippen LogP) is 3.36. The van der Waals surface area contributed by atoms with E-state index in [1.807, 2.05) is 0 Å². The first kappa shape index (κ1) is 23.1. The molecule has 2 N–H and O–H groups in total. The molecule has 8 heteroatoms. The van der Waals surface area contributed by atoms with Gasteiger partial charge in [0.2, 0.25) is 5.89 Å². The molecule has 1 aromatic heterocycles. The van der Waals surface area contributed by atoms with E-state index in [0.717, 1.165) is 62.1 Å². The maximum Gasteiger partial charge on any atom is 0.226 e. The second-order valence-corrected chi connectivity index (χ2v) is 8.14. The molecule has 8 nitrogen and oxygen atoms in total. The maximum absolute atomic E-state index is 6.19. The molecule has 1 unspecified atom stereocenters. The van der Waals surface area contributed by atoms with Gasteiger partial charge in [0.05, 0.1) is 19.8 Å². The molecule has 0 amide bonds. The minimum atomic E-state index is 0.122. The van der Waals surface area contributed by atoms with Crippen LogP contribution in [0.15, 0.2) is 27.7 Å². The van der Waals surface area contributed by atoms with Crippen LogP contribution < -0.4 is 15.4 Å². The maximum atomic E-state index is 6.19. The Morgan fingerprint density at radius 2 is 2.19 bits per heavy atom. The fourth-order valence-electron chi connectivity index (χ4n) is 3.24. The highest BCUT2D eigenvalue weighted by Crippen LogP contribution is 2.24. The van der Waals surface area contributed by atoms with Crippen LogP contribution in [0.25, 0.3) is 0 Å². The van der Waals surface area contributed by atoms with Crippen LogP contribution in [0, 0.1) is 6.92 Å². The van der Waals surface area contributed by atoms with Crippen molar-refractivity contribution in [2.45, 2.75) is 65.5 Å². The van der Waals surface area contributed by atoms with Gasteiger partial charge in [0.15, 0.2) is 11.8 Å². The van der Waals surface area contributed by atoms with Crippen LogP contribution in [0.2, 0.25) is 0 Å². The van der Waals surface area contributed by atoms with Gasteiger partial charge in [-0.1, -0.05) is 31.1 Å². The number of aryl methyl sites for hydroxylation is 2. The van der Waals surface area contributed by atoms with Crippen molar-refractivity contribution in [3.8, 4) is 5.75 Å². The summed E-state index contributed by atoms with van der Waals surface area (Å²) in [5.74, 6) is 3.40. The van der Waals surface area contributed by atoms with Gasteiger partial charge in [-0.15, -0.1) is 0 Å². The van der Waals surface area contributed by atoms with E-state index in [4.69, 9.17) is 19.0 Å². The van der Waals surface area contributed by atoms with E-state index < -0.39 is 0 Å². The van der Waals surface area contributed by atoms with Crippen LogP contribution in [0.3, 0.4) is 0 Å². The lowest BCUT2D eigenvalue weighted by Gasteiger charge is -2.16. The van der Waals surface area contributed by atoms with Gasteiger partial charge >= 0.3 is 0 Å². The zero-order valence-corrected chi connectivity index (χ0v) is 19.1. The molecule has 2 aromatic rings. The van der Waals surface area contributed by atoms with Gasteiger partial charge in [-0.05, 0) is 31.9 Å². The topological polar surface area (TPSA) is 93.8 Å². The Morgan fingerprint density at radius 3 is 2.90 bits per heavy atom. The van der Waals surface area contributed by atoms with Gasteiger partial charge in [0.1, 0.15) is 11.9 Å². The summed E-state index contributed by atoms with van der Waals surface area (Å²) in [6.45, 7) is 11.8. The van der Waals surface area contributed by atoms with Crippen molar-refractivity contribution in [1.82, 2.24) is 20.8 Å². The second kappa shape index (κ2) is 11.7. The number of benzene rings is 1. The molecule has 1 aliphatic heterocycles. The number of hydrogen-bond acceptors (Lipinski definition) is 6. The second-order valence-electron chi connectivity index (χ2n) is 8.14. The Labute approximate surface area is 184 Å². The molecule has 0 spiro atoms. The zero-order chi connectivity index (χ0) is 22.1. The molecule has 2 heterocycles. The molecule has 170 valence electrons. The summed E-state index contributed by atoms with van der Waals surface area (Å²) in [5, 5.41) is 10.7. The van der Waals surface area contributed by atoms with Crippen molar-refractivity contribution in [3.05, 3.63) is 41.0 Å². The Bertz CT molecular complexity index is 843. The fraction of sp³-hybridized carbons (Fsp3) is 0.609. The molecule has 0 bridgehead atoms. The predicted molar refractivity (Wildman–Crippen MR) is 121 cm³/mol. The summed E-state index contributed by atoms with van der Waals surface area (Å²) in [6.07, 6.45) is 2.67. The van der Waals surface area contributed by atoms with Gasteiger partial charge < -0.3 is 24.6 Å². The van der Waals surface area contributed by atoms with Crippen LogP contribution in [0.4, 0.5) is 0 Å². The summed E-state index contributed by atoms with van der Waals surface area (Å²) in [6, 6.07) is 6.27. The SMILES string of the molecule is CCNC(=NCc1ccc(C)cc1OC1CCOC1)NCCCc1nc(C(C)C)no1. The lowest BCUT2D eigenvalue weighted by Crippen LogP contribution is -2.37. The highest BCUT2D eigenvalue weighted by Gasteiger charge is 2.18.